The third kappa shape index (κ3) is 1.66. The predicted molar refractivity (Wildman–Crippen MR) is 56.3 cm³/mol. The Labute approximate surface area is 78.0 Å². The first kappa shape index (κ1) is 8.17. The molecule has 2 rings (SSSR count). The van der Waals surface area contributed by atoms with Crippen LogP contribution >= 0.6 is 0 Å². The third-order valence-corrected chi connectivity index (χ3v) is 1.99. The Bertz CT molecular complexity index is 340. The summed E-state index contributed by atoms with van der Waals surface area (Å²) in [5, 5.41) is 0. The lowest BCUT2D eigenvalue weighted by Crippen LogP contribution is -2.17. The fourth-order valence-corrected chi connectivity index (χ4v) is 1.21. The predicted octanol–water partition coefficient (Wildman–Crippen LogP) is 2.60. The average Bonchev–Trinajstić information content (AvgIpc) is 2.27. The van der Waals surface area contributed by atoms with E-state index in [0.29, 0.717) is 0 Å². The molecule has 0 unspecified atom stereocenters. The number of hydrogen-bond acceptors (Lipinski definition) is 2. The molecule has 0 fully saturated rings. The molecule has 0 saturated heterocycles. The first-order valence-electron chi connectivity index (χ1n) is 4.37. The second-order valence-corrected chi connectivity index (χ2v) is 3.73. The number of rotatable bonds is 0. The second kappa shape index (κ2) is 2.80. The Morgan fingerprint density at radius 2 is 1.92 bits per heavy atom. The van der Waals surface area contributed by atoms with Crippen LogP contribution in [0.15, 0.2) is 34.3 Å². The summed E-state index contributed by atoms with van der Waals surface area (Å²) < 4.78 is 0. The molecule has 66 valence electrons. The molecule has 0 spiro atoms. The topological polar surface area (TPSA) is 24.7 Å². The minimum Gasteiger partial charge on any atom is -0.281 e. The minimum absolute atomic E-state index is 0.182. The largest absolute Gasteiger partial charge is 0.281 e. The summed E-state index contributed by atoms with van der Waals surface area (Å²) in [4.78, 5) is 8.81. The van der Waals surface area contributed by atoms with Crippen molar-refractivity contribution in [3.8, 4) is 0 Å². The number of aliphatic imine (C=N–C) groups is 2. The van der Waals surface area contributed by atoms with Crippen LogP contribution in [0.1, 0.15) is 19.4 Å². The van der Waals surface area contributed by atoms with E-state index in [9.17, 15) is 0 Å². The van der Waals surface area contributed by atoms with E-state index < -0.39 is 0 Å². The van der Waals surface area contributed by atoms with Gasteiger partial charge in [-0.25, -0.2) is 0 Å². The van der Waals surface area contributed by atoms with Gasteiger partial charge in [0.25, 0.3) is 0 Å². The average molecular weight is 172 g/mol. The molecule has 1 aliphatic rings. The fraction of sp³-hybridized carbons (Fsp3) is 0.273. The summed E-state index contributed by atoms with van der Waals surface area (Å²) in [5.41, 5.74) is 1.90. The molecule has 0 N–H and O–H groups in total. The van der Waals surface area contributed by atoms with E-state index in [1.165, 1.54) is 0 Å². The second-order valence-electron chi connectivity index (χ2n) is 3.73. The lowest BCUT2D eigenvalue weighted by atomic mass is 10.1. The highest BCUT2D eigenvalue weighted by atomic mass is 14.9. The van der Waals surface area contributed by atoms with Gasteiger partial charge in [-0.2, -0.15) is 0 Å². The van der Waals surface area contributed by atoms with Crippen LogP contribution in [0.5, 0.6) is 0 Å². The quantitative estimate of drug-likeness (QED) is 0.574. The summed E-state index contributed by atoms with van der Waals surface area (Å²) >= 11 is 0. The molecule has 2 heteroatoms. The monoisotopic (exact) mass is 172 g/mol. The van der Waals surface area contributed by atoms with Crippen LogP contribution in [-0.4, -0.2) is 18.0 Å². The SMILES string of the molecule is CC1(C)C=Nc2ccccc2C=N1. The van der Waals surface area contributed by atoms with E-state index in [2.05, 4.69) is 9.98 Å². The van der Waals surface area contributed by atoms with Crippen molar-refractivity contribution in [3.05, 3.63) is 29.8 Å². The van der Waals surface area contributed by atoms with Crippen molar-refractivity contribution in [2.24, 2.45) is 9.98 Å². The minimum atomic E-state index is -0.182. The summed E-state index contributed by atoms with van der Waals surface area (Å²) in [7, 11) is 0. The fourth-order valence-electron chi connectivity index (χ4n) is 1.21. The van der Waals surface area contributed by atoms with Gasteiger partial charge in [0.15, 0.2) is 0 Å². The molecule has 0 atom stereocenters. The molecule has 0 radical (unpaired) electrons. The zero-order valence-electron chi connectivity index (χ0n) is 7.86. The van der Waals surface area contributed by atoms with Gasteiger partial charge in [-0.05, 0) is 19.9 Å². The van der Waals surface area contributed by atoms with E-state index in [1.807, 2.05) is 50.5 Å². The van der Waals surface area contributed by atoms with Crippen molar-refractivity contribution < 1.29 is 0 Å². The van der Waals surface area contributed by atoms with Crippen molar-refractivity contribution in [2.75, 3.05) is 0 Å². The van der Waals surface area contributed by atoms with Gasteiger partial charge < -0.3 is 0 Å². The summed E-state index contributed by atoms with van der Waals surface area (Å²) in [6.07, 6.45) is 3.78. The van der Waals surface area contributed by atoms with Crippen LogP contribution in [0.25, 0.3) is 0 Å². The smallest absolute Gasteiger partial charge is 0.0901 e. The Kier molecular flexibility index (Phi) is 1.76. The maximum atomic E-state index is 4.42. The van der Waals surface area contributed by atoms with Crippen LogP contribution in [0, 0.1) is 0 Å². The zero-order chi connectivity index (χ0) is 9.31. The van der Waals surface area contributed by atoms with Gasteiger partial charge in [0.05, 0.1) is 11.2 Å². The Hall–Kier alpha value is -1.44. The maximum Gasteiger partial charge on any atom is 0.0901 e. The number of nitrogens with zero attached hydrogens (tertiary/aromatic N) is 2. The van der Waals surface area contributed by atoms with E-state index >= 15 is 0 Å². The van der Waals surface area contributed by atoms with Crippen molar-refractivity contribution in [3.63, 3.8) is 0 Å². The van der Waals surface area contributed by atoms with Gasteiger partial charge in [0.2, 0.25) is 0 Å². The van der Waals surface area contributed by atoms with Gasteiger partial charge >= 0.3 is 0 Å². The molecule has 0 aliphatic carbocycles. The van der Waals surface area contributed by atoms with Gasteiger partial charge in [-0.15, -0.1) is 0 Å². The van der Waals surface area contributed by atoms with E-state index in [-0.39, 0.29) is 5.54 Å². The van der Waals surface area contributed by atoms with Crippen LogP contribution in [-0.2, 0) is 0 Å². The molecular weight excluding hydrogens is 160 g/mol. The first-order valence-corrected chi connectivity index (χ1v) is 4.37. The van der Waals surface area contributed by atoms with Crippen molar-refractivity contribution in [1.82, 2.24) is 0 Å². The molecule has 1 aromatic rings. The highest BCUT2D eigenvalue weighted by Gasteiger charge is 2.14. The molecular formula is C11H12N2. The highest BCUT2D eigenvalue weighted by molar-refractivity contribution is 5.92. The molecule has 2 nitrogen and oxygen atoms in total. The first-order chi connectivity index (χ1) is 6.17. The standard InChI is InChI=1S/C11H12N2/c1-11(2)8-12-10-6-4-3-5-9(10)7-13-11/h3-8H,1-2H3. The van der Waals surface area contributed by atoms with Gasteiger partial charge in [0.1, 0.15) is 0 Å². The molecule has 1 aliphatic heterocycles. The number of fused-ring (bicyclic) bond motifs is 1. The number of benzene rings is 1. The lowest BCUT2D eigenvalue weighted by molar-refractivity contribution is 0.723. The summed E-state index contributed by atoms with van der Waals surface area (Å²) in [6.45, 7) is 4.08. The van der Waals surface area contributed by atoms with Crippen LogP contribution in [0.3, 0.4) is 0 Å². The number of hydrogen-bond donors (Lipinski definition) is 0. The summed E-state index contributed by atoms with van der Waals surface area (Å²) in [6, 6.07) is 8.01. The molecule has 0 amide bonds. The maximum absolute atomic E-state index is 4.42. The van der Waals surface area contributed by atoms with Crippen LogP contribution < -0.4 is 0 Å². The van der Waals surface area contributed by atoms with Crippen molar-refractivity contribution in [2.45, 2.75) is 19.4 Å². The number of para-hydroxylation sites is 1. The normalized spacial score (nSPS) is 18.0. The molecule has 0 bridgehead atoms. The van der Waals surface area contributed by atoms with Crippen molar-refractivity contribution >= 4 is 18.1 Å². The van der Waals surface area contributed by atoms with Crippen molar-refractivity contribution in [1.29, 1.82) is 0 Å². The lowest BCUT2D eigenvalue weighted by Gasteiger charge is -2.09. The van der Waals surface area contributed by atoms with E-state index in [4.69, 9.17) is 0 Å². The molecule has 0 saturated carbocycles. The molecule has 1 aromatic carbocycles. The van der Waals surface area contributed by atoms with E-state index in [1.54, 1.807) is 0 Å². The molecule has 1 heterocycles. The van der Waals surface area contributed by atoms with Crippen LogP contribution in [0.4, 0.5) is 5.69 Å². The van der Waals surface area contributed by atoms with Gasteiger partial charge in [-0.1, -0.05) is 18.2 Å². The highest BCUT2D eigenvalue weighted by Crippen LogP contribution is 2.21. The Morgan fingerprint density at radius 1 is 1.15 bits per heavy atom. The van der Waals surface area contributed by atoms with Gasteiger partial charge in [0, 0.05) is 18.0 Å². The Morgan fingerprint density at radius 3 is 2.77 bits per heavy atom. The van der Waals surface area contributed by atoms with E-state index in [0.717, 1.165) is 11.3 Å². The van der Waals surface area contributed by atoms with Gasteiger partial charge in [-0.3, -0.25) is 9.98 Å². The molecule has 13 heavy (non-hydrogen) atoms. The Balaban J connectivity index is 2.53. The third-order valence-electron chi connectivity index (χ3n) is 1.99. The summed E-state index contributed by atoms with van der Waals surface area (Å²) in [5.74, 6) is 0. The molecule has 0 aromatic heterocycles. The van der Waals surface area contributed by atoms with Crippen LogP contribution in [0.2, 0.25) is 0 Å². The zero-order valence-corrected chi connectivity index (χ0v) is 7.86.